The number of aliphatic hydroxyl groups is 1. The first kappa shape index (κ1) is 17.9. The second-order valence-electron chi connectivity index (χ2n) is 7.08. The van der Waals surface area contributed by atoms with E-state index in [9.17, 15) is 5.11 Å². The van der Waals surface area contributed by atoms with Crippen LogP contribution >= 0.6 is 0 Å². The van der Waals surface area contributed by atoms with Crippen molar-refractivity contribution in [1.29, 1.82) is 0 Å². The van der Waals surface area contributed by atoms with Gasteiger partial charge >= 0.3 is 0 Å². The average Bonchev–Trinajstić information content (AvgIpc) is 3.06. The molecule has 0 amide bonds. The van der Waals surface area contributed by atoms with E-state index in [0.29, 0.717) is 19.1 Å². The van der Waals surface area contributed by atoms with Crippen molar-refractivity contribution in [3.8, 4) is 5.75 Å². The predicted octanol–water partition coefficient (Wildman–Crippen LogP) is 1.80. The van der Waals surface area contributed by atoms with Crippen molar-refractivity contribution in [3.63, 3.8) is 0 Å². The van der Waals surface area contributed by atoms with Gasteiger partial charge in [0.2, 0.25) is 0 Å². The molecule has 2 N–H and O–H groups in total. The van der Waals surface area contributed by atoms with E-state index in [0.717, 1.165) is 48.6 Å². The van der Waals surface area contributed by atoms with Crippen LogP contribution in [0.1, 0.15) is 28.9 Å². The van der Waals surface area contributed by atoms with Gasteiger partial charge in [-0.25, -0.2) is 0 Å². The molecule has 0 bridgehead atoms. The van der Waals surface area contributed by atoms with E-state index in [4.69, 9.17) is 4.74 Å². The van der Waals surface area contributed by atoms with Crippen molar-refractivity contribution < 1.29 is 9.84 Å². The van der Waals surface area contributed by atoms with Crippen LogP contribution in [0.2, 0.25) is 0 Å². The molecule has 1 aromatic carbocycles. The lowest BCUT2D eigenvalue weighted by Crippen LogP contribution is -2.36. The minimum atomic E-state index is -0.520. The summed E-state index contributed by atoms with van der Waals surface area (Å²) in [5.74, 6) is 2.53. The summed E-state index contributed by atoms with van der Waals surface area (Å²) in [6.07, 6.45) is 3.37. The van der Waals surface area contributed by atoms with E-state index in [1.165, 1.54) is 5.56 Å². The fraction of sp³-hybridized carbons (Fsp3) is 0.579. The van der Waals surface area contributed by atoms with Crippen molar-refractivity contribution in [2.75, 3.05) is 19.7 Å². The molecule has 6 nitrogen and oxygen atoms in total. The van der Waals surface area contributed by atoms with Gasteiger partial charge in [-0.15, -0.1) is 10.2 Å². The fourth-order valence-electron chi connectivity index (χ4n) is 3.33. The van der Waals surface area contributed by atoms with Crippen LogP contribution in [0.4, 0.5) is 0 Å². The molecule has 6 heteroatoms. The Morgan fingerprint density at radius 1 is 1.32 bits per heavy atom. The maximum Gasteiger partial charge on any atom is 0.132 e. The van der Waals surface area contributed by atoms with Crippen LogP contribution in [0.5, 0.6) is 5.75 Å². The summed E-state index contributed by atoms with van der Waals surface area (Å²) in [6.45, 7) is 8.85. The zero-order valence-electron chi connectivity index (χ0n) is 15.3. The van der Waals surface area contributed by atoms with E-state index in [1.807, 2.05) is 6.92 Å². The molecule has 0 saturated carbocycles. The molecule has 0 aliphatic carbocycles. The number of aromatic nitrogens is 3. The summed E-state index contributed by atoms with van der Waals surface area (Å²) < 4.78 is 8.00. The Hall–Kier alpha value is -1.92. The molecule has 1 aliphatic rings. The number of aryl methyl sites for hydroxylation is 3. The Bertz CT molecular complexity index is 713. The normalized spacial score (nSPS) is 18.0. The van der Waals surface area contributed by atoms with E-state index in [1.54, 1.807) is 6.33 Å². The molecule has 136 valence electrons. The van der Waals surface area contributed by atoms with Gasteiger partial charge in [-0.1, -0.05) is 12.1 Å². The zero-order chi connectivity index (χ0) is 17.8. The number of nitrogens with one attached hydrogen (secondary N) is 1. The highest BCUT2D eigenvalue weighted by Crippen LogP contribution is 2.25. The van der Waals surface area contributed by atoms with Gasteiger partial charge in [0, 0.05) is 19.5 Å². The SMILES string of the molecule is Cc1ccc(C)c(OC[C@H](O)CNC[C@H]2CCc3nncn3C2)c1C. The van der Waals surface area contributed by atoms with Gasteiger partial charge in [-0.2, -0.15) is 0 Å². The molecule has 0 radical (unpaired) electrons. The quantitative estimate of drug-likeness (QED) is 0.801. The molecular formula is C19H28N4O2. The van der Waals surface area contributed by atoms with Crippen molar-refractivity contribution >= 4 is 0 Å². The van der Waals surface area contributed by atoms with Gasteiger partial charge in [-0.3, -0.25) is 0 Å². The summed E-state index contributed by atoms with van der Waals surface area (Å²) in [4.78, 5) is 0. The van der Waals surface area contributed by atoms with Gasteiger partial charge in [0.05, 0.1) is 0 Å². The monoisotopic (exact) mass is 344 g/mol. The molecule has 2 aromatic rings. The molecule has 0 fully saturated rings. The molecule has 2 atom stereocenters. The summed E-state index contributed by atoms with van der Waals surface area (Å²) in [7, 11) is 0. The first-order valence-electron chi connectivity index (χ1n) is 8.99. The summed E-state index contributed by atoms with van der Waals surface area (Å²) in [5, 5.41) is 21.6. The van der Waals surface area contributed by atoms with Gasteiger partial charge in [0.25, 0.3) is 0 Å². The Balaban J connectivity index is 1.40. The Morgan fingerprint density at radius 2 is 2.12 bits per heavy atom. The maximum atomic E-state index is 10.2. The van der Waals surface area contributed by atoms with Crippen LogP contribution in [0.15, 0.2) is 18.5 Å². The summed E-state index contributed by atoms with van der Waals surface area (Å²) in [6, 6.07) is 4.16. The summed E-state index contributed by atoms with van der Waals surface area (Å²) in [5.41, 5.74) is 3.46. The van der Waals surface area contributed by atoms with Crippen LogP contribution in [0.3, 0.4) is 0 Å². The minimum Gasteiger partial charge on any atom is -0.490 e. The number of benzene rings is 1. The van der Waals surface area contributed by atoms with E-state index < -0.39 is 6.10 Å². The van der Waals surface area contributed by atoms with E-state index >= 15 is 0 Å². The van der Waals surface area contributed by atoms with Gasteiger partial charge in [0.15, 0.2) is 0 Å². The third-order valence-corrected chi connectivity index (χ3v) is 5.03. The lowest BCUT2D eigenvalue weighted by molar-refractivity contribution is 0.104. The predicted molar refractivity (Wildman–Crippen MR) is 96.9 cm³/mol. The smallest absolute Gasteiger partial charge is 0.132 e. The number of fused-ring (bicyclic) bond motifs is 1. The highest BCUT2D eigenvalue weighted by atomic mass is 16.5. The molecule has 0 unspecified atom stereocenters. The largest absolute Gasteiger partial charge is 0.490 e. The fourth-order valence-corrected chi connectivity index (χ4v) is 3.33. The van der Waals surface area contributed by atoms with Crippen LogP contribution in [-0.2, 0) is 13.0 Å². The molecule has 1 aliphatic heterocycles. The Labute approximate surface area is 149 Å². The second-order valence-corrected chi connectivity index (χ2v) is 7.08. The van der Waals surface area contributed by atoms with Gasteiger partial charge in [0.1, 0.15) is 30.6 Å². The van der Waals surface area contributed by atoms with Crippen LogP contribution in [-0.4, -0.2) is 45.7 Å². The second kappa shape index (κ2) is 7.97. The number of rotatable bonds is 7. The van der Waals surface area contributed by atoms with Gasteiger partial charge < -0.3 is 19.7 Å². The van der Waals surface area contributed by atoms with Crippen molar-refractivity contribution in [1.82, 2.24) is 20.1 Å². The third-order valence-electron chi connectivity index (χ3n) is 5.03. The number of hydrogen-bond donors (Lipinski definition) is 2. The average molecular weight is 344 g/mol. The summed E-state index contributed by atoms with van der Waals surface area (Å²) >= 11 is 0. The van der Waals surface area contributed by atoms with E-state index in [2.05, 4.69) is 46.1 Å². The van der Waals surface area contributed by atoms with Crippen LogP contribution < -0.4 is 10.1 Å². The van der Waals surface area contributed by atoms with E-state index in [-0.39, 0.29) is 0 Å². The zero-order valence-corrected chi connectivity index (χ0v) is 15.3. The maximum absolute atomic E-state index is 10.2. The van der Waals surface area contributed by atoms with Crippen molar-refractivity contribution in [3.05, 3.63) is 41.0 Å². The number of nitrogens with zero attached hydrogens (tertiary/aromatic N) is 3. The lowest BCUT2D eigenvalue weighted by Gasteiger charge is -2.24. The molecule has 0 saturated heterocycles. The molecular weight excluding hydrogens is 316 g/mol. The molecule has 1 aromatic heterocycles. The Kier molecular flexibility index (Phi) is 5.71. The first-order chi connectivity index (χ1) is 12.0. The third kappa shape index (κ3) is 4.38. The topological polar surface area (TPSA) is 72.2 Å². The first-order valence-corrected chi connectivity index (χ1v) is 8.99. The van der Waals surface area contributed by atoms with Gasteiger partial charge in [-0.05, 0) is 56.3 Å². The van der Waals surface area contributed by atoms with Crippen molar-refractivity contribution in [2.24, 2.45) is 5.92 Å². The van der Waals surface area contributed by atoms with Crippen LogP contribution in [0.25, 0.3) is 0 Å². The number of aliphatic hydroxyl groups excluding tert-OH is 1. The molecule has 2 heterocycles. The van der Waals surface area contributed by atoms with Crippen molar-refractivity contribution in [2.45, 2.75) is 46.3 Å². The highest BCUT2D eigenvalue weighted by Gasteiger charge is 2.19. The number of ether oxygens (including phenoxy) is 1. The molecule has 3 rings (SSSR count). The lowest BCUT2D eigenvalue weighted by atomic mass is 9.99. The van der Waals surface area contributed by atoms with Crippen LogP contribution in [0, 0.1) is 26.7 Å². The Morgan fingerprint density at radius 3 is 2.96 bits per heavy atom. The highest BCUT2D eigenvalue weighted by molar-refractivity contribution is 5.44. The minimum absolute atomic E-state index is 0.304. The standard InChI is InChI=1S/C19H28N4O2/c1-13-4-5-14(2)19(15(13)3)25-11-17(24)9-20-8-16-6-7-18-22-21-12-23(18)10-16/h4-5,12,16-17,20,24H,6-11H2,1-3H3/t16-,17-/m1/s1. The molecule has 0 spiro atoms. The number of hydrogen-bond acceptors (Lipinski definition) is 5. The molecule has 25 heavy (non-hydrogen) atoms.